The smallest absolute Gasteiger partial charge is 1.00 e. The first-order chi connectivity index (χ1) is 2.89. The van der Waals surface area contributed by atoms with Crippen molar-refractivity contribution in [1.82, 2.24) is 10.2 Å². The zero-order valence-electron chi connectivity index (χ0n) is 4.84. The van der Waals surface area contributed by atoms with E-state index in [4.69, 9.17) is 0 Å². The van der Waals surface area contributed by atoms with Crippen LogP contribution in [0.4, 0.5) is 0 Å². The Kier molecular flexibility index (Phi) is 5.18. The van der Waals surface area contributed by atoms with Crippen LogP contribution in [0.3, 0.4) is 0 Å². The van der Waals surface area contributed by atoms with Gasteiger partial charge in [0.15, 0.2) is 3.95 Å². The molecular formula is C2H3KN2S2. The van der Waals surface area contributed by atoms with Crippen molar-refractivity contribution < 1.29 is 52.8 Å². The van der Waals surface area contributed by atoms with Crippen LogP contribution in [0.1, 0.15) is 1.43 Å². The zero-order chi connectivity index (χ0) is 4.41. The molecule has 0 fully saturated rings. The van der Waals surface area contributed by atoms with Crippen molar-refractivity contribution in [2.75, 3.05) is 0 Å². The van der Waals surface area contributed by atoms with Crippen molar-refractivity contribution in [3.8, 4) is 0 Å². The standard InChI is InChI=1S/C2H2N2S2.K.H/c5-2-4-3-1-6-2;;/h1H,(H,4,5);;/q;+1;-1. The first kappa shape index (κ1) is 8.42. The maximum atomic E-state index is 4.65. The van der Waals surface area contributed by atoms with E-state index in [0.29, 0.717) is 0 Å². The molecule has 0 bridgehead atoms. The van der Waals surface area contributed by atoms with E-state index in [0.717, 1.165) is 3.95 Å². The minimum atomic E-state index is 0. The van der Waals surface area contributed by atoms with E-state index in [9.17, 15) is 0 Å². The molecule has 0 aliphatic rings. The molecular weight excluding hydrogens is 155 g/mol. The third kappa shape index (κ3) is 3.07. The van der Waals surface area contributed by atoms with Gasteiger partial charge in [-0.3, -0.25) is 5.10 Å². The van der Waals surface area contributed by atoms with Gasteiger partial charge in [0.1, 0.15) is 5.51 Å². The van der Waals surface area contributed by atoms with E-state index in [-0.39, 0.29) is 52.8 Å². The summed E-state index contributed by atoms with van der Waals surface area (Å²) in [5, 5.41) is 6.19. The predicted molar refractivity (Wildman–Crippen MR) is 28.4 cm³/mol. The minimum absolute atomic E-state index is 0. The molecule has 1 heterocycles. The first-order valence-corrected chi connectivity index (χ1v) is 2.66. The molecule has 0 spiro atoms. The number of hydrogen-bond donors (Lipinski definition) is 1. The molecule has 0 saturated carbocycles. The van der Waals surface area contributed by atoms with E-state index in [2.05, 4.69) is 22.4 Å². The van der Waals surface area contributed by atoms with Crippen molar-refractivity contribution in [2.45, 2.75) is 0 Å². The van der Waals surface area contributed by atoms with Gasteiger partial charge >= 0.3 is 51.4 Å². The summed E-state index contributed by atoms with van der Waals surface area (Å²) >= 11 is 6.07. The van der Waals surface area contributed by atoms with Crippen LogP contribution in [0.15, 0.2) is 5.51 Å². The SMILES string of the molecule is S=c1[nH]ncs1.[H-].[K+]. The Morgan fingerprint density at radius 2 is 2.71 bits per heavy atom. The Morgan fingerprint density at radius 3 is 2.86 bits per heavy atom. The molecule has 2 nitrogen and oxygen atoms in total. The summed E-state index contributed by atoms with van der Waals surface area (Å²) < 4.78 is 0.731. The number of rotatable bonds is 0. The Balaban J connectivity index is 0. The van der Waals surface area contributed by atoms with Gasteiger partial charge in [0, 0.05) is 0 Å². The molecule has 0 unspecified atom stereocenters. The second kappa shape index (κ2) is 4.31. The molecule has 34 valence electrons. The average molecular weight is 158 g/mol. The molecule has 1 aromatic heterocycles. The molecule has 1 aromatic rings. The average Bonchev–Trinajstić information content (AvgIpc) is 1.86. The summed E-state index contributed by atoms with van der Waals surface area (Å²) in [5.41, 5.74) is 1.67. The van der Waals surface area contributed by atoms with Crippen LogP contribution in [0.5, 0.6) is 0 Å². The van der Waals surface area contributed by atoms with Crippen LogP contribution in [-0.2, 0) is 0 Å². The third-order valence-corrected chi connectivity index (χ3v) is 1.26. The van der Waals surface area contributed by atoms with E-state index in [1.54, 1.807) is 5.51 Å². The topological polar surface area (TPSA) is 28.7 Å². The monoisotopic (exact) mass is 158 g/mol. The molecule has 0 aliphatic heterocycles. The molecule has 0 atom stereocenters. The van der Waals surface area contributed by atoms with E-state index in [1.165, 1.54) is 11.3 Å². The Hall–Kier alpha value is 1.42. The fourth-order valence-electron chi connectivity index (χ4n) is 0.180. The van der Waals surface area contributed by atoms with Crippen molar-refractivity contribution in [3.63, 3.8) is 0 Å². The minimum Gasteiger partial charge on any atom is -1.00 e. The summed E-state index contributed by atoms with van der Waals surface area (Å²) in [7, 11) is 0. The molecule has 0 amide bonds. The van der Waals surface area contributed by atoms with Crippen LogP contribution < -0.4 is 51.4 Å². The Morgan fingerprint density at radius 1 is 2.00 bits per heavy atom. The maximum Gasteiger partial charge on any atom is 1.00 e. The van der Waals surface area contributed by atoms with Crippen LogP contribution in [0.2, 0.25) is 0 Å². The summed E-state index contributed by atoms with van der Waals surface area (Å²) in [5.74, 6) is 0. The molecule has 0 aromatic carbocycles. The van der Waals surface area contributed by atoms with Crippen LogP contribution in [0.25, 0.3) is 0 Å². The van der Waals surface area contributed by atoms with Gasteiger partial charge in [-0.15, -0.1) is 0 Å². The third-order valence-electron chi connectivity index (χ3n) is 0.368. The van der Waals surface area contributed by atoms with Gasteiger partial charge in [0.2, 0.25) is 0 Å². The number of aromatic amines is 1. The van der Waals surface area contributed by atoms with Gasteiger partial charge in [-0.2, -0.15) is 5.10 Å². The van der Waals surface area contributed by atoms with E-state index >= 15 is 0 Å². The molecule has 7 heavy (non-hydrogen) atoms. The van der Waals surface area contributed by atoms with Crippen LogP contribution >= 0.6 is 23.6 Å². The largest absolute Gasteiger partial charge is 1.00 e. The van der Waals surface area contributed by atoms with Gasteiger partial charge in [0.05, 0.1) is 0 Å². The number of H-pyrrole nitrogens is 1. The van der Waals surface area contributed by atoms with Gasteiger partial charge in [-0.25, -0.2) is 0 Å². The Labute approximate surface area is 94.2 Å². The first-order valence-electron chi connectivity index (χ1n) is 1.38. The number of nitrogens with zero attached hydrogens (tertiary/aromatic N) is 1. The fourth-order valence-corrected chi connectivity index (χ4v) is 0.668. The second-order valence-corrected chi connectivity index (χ2v) is 2.27. The summed E-state index contributed by atoms with van der Waals surface area (Å²) in [6.45, 7) is 0. The number of hydrogen-bond acceptors (Lipinski definition) is 3. The summed E-state index contributed by atoms with van der Waals surface area (Å²) in [6, 6.07) is 0. The maximum absolute atomic E-state index is 4.65. The van der Waals surface area contributed by atoms with E-state index in [1.807, 2.05) is 0 Å². The molecule has 5 heteroatoms. The van der Waals surface area contributed by atoms with Gasteiger partial charge in [0.25, 0.3) is 0 Å². The summed E-state index contributed by atoms with van der Waals surface area (Å²) in [4.78, 5) is 0. The van der Waals surface area contributed by atoms with Crippen molar-refractivity contribution in [1.29, 1.82) is 0 Å². The fraction of sp³-hybridized carbons (Fsp3) is 0. The normalized spacial score (nSPS) is 7.43. The summed E-state index contributed by atoms with van der Waals surface area (Å²) in [6.07, 6.45) is 0. The number of nitrogens with one attached hydrogen (secondary N) is 1. The van der Waals surface area contributed by atoms with Crippen LogP contribution in [0, 0.1) is 3.95 Å². The van der Waals surface area contributed by atoms with Crippen LogP contribution in [-0.4, -0.2) is 10.2 Å². The molecule has 0 aliphatic carbocycles. The van der Waals surface area contributed by atoms with Gasteiger partial charge in [-0.05, 0) is 12.2 Å². The molecule has 0 radical (unpaired) electrons. The van der Waals surface area contributed by atoms with Gasteiger partial charge < -0.3 is 1.43 Å². The van der Waals surface area contributed by atoms with Gasteiger partial charge in [-0.1, -0.05) is 11.3 Å². The van der Waals surface area contributed by atoms with Crippen molar-refractivity contribution in [3.05, 3.63) is 9.46 Å². The molecule has 1 rings (SSSR count). The quantitative estimate of drug-likeness (QED) is 0.361. The van der Waals surface area contributed by atoms with Crippen molar-refractivity contribution >= 4 is 23.6 Å². The number of aromatic nitrogens is 2. The Bertz CT molecular complexity index is 156. The molecule has 1 N–H and O–H groups in total. The van der Waals surface area contributed by atoms with Crippen molar-refractivity contribution in [2.24, 2.45) is 0 Å². The predicted octanol–water partition coefficient (Wildman–Crippen LogP) is -1.68. The molecule has 0 saturated heterocycles. The second-order valence-electron chi connectivity index (χ2n) is 0.752. The van der Waals surface area contributed by atoms with E-state index < -0.39 is 0 Å². The zero-order valence-corrected chi connectivity index (χ0v) is 8.60.